The van der Waals surface area contributed by atoms with E-state index in [9.17, 15) is 14.7 Å². The fourth-order valence-electron chi connectivity index (χ4n) is 2.78. The topological polar surface area (TPSA) is 139 Å². The normalized spacial score (nSPS) is 11.2. The number of aromatic nitrogens is 3. The number of nitrogens with one attached hydrogen (secondary N) is 2. The summed E-state index contributed by atoms with van der Waals surface area (Å²) in [6.45, 7) is 0.849. The minimum atomic E-state index is -1.06. The predicted molar refractivity (Wildman–Crippen MR) is 125 cm³/mol. The molecule has 0 aliphatic heterocycles. The Bertz CT molecular complexity index is 1080. The molecular formula is C23H26N6O5. The lowest BCUT2D eigenvalue weighted by Gasteiger charge is -2.15. The van der Waals surface area contributed by atoms with Gasteiger partial charge in [-0.1, -0.05) is 30.3 Å². The maximum absolute atomic E-state index is 11.8. The Kier molecular flexibility index (Phi) is 8.55. The number of anilines is 2. The van der Waals surface area contributed by atoms with Crippen LogP contribution in [-0.2, 0) is 11.2 Å². The SMILES string of the molecule is CN(C)C(=O)Oc1ccc(C[C@H](Nc2ncnc(NCCOc3ccccc3)n2)C(=O)O)cc1. The van der Waals surface area contributed by atoms with E-state index in [1.807, 2.05) is 30.3 Å². The molecular weight excluding hydrogens is 440 g/mol. The van der Waals surface area contributed by atoms with Crippen LogP contribution >= 0.6 is 0 Å². The Morgan fingerprint density at radius 3 is 2.38 bits per heavy atom. The second-order valence-corrected chi connectivity index (χ2v) is 7.37. The fraction of sp³-hybridized carbons (Fsp3) is 0.261. The number of nitrogens with zero attached hydrogens (tertiary/aromatic N) is 4. The Morgan fingerprint density at radius 1 is 1.00 bits per heavy atom. The maximum atomic E-state index is 11.8. The number of hydrogen-bond donors (Lipinski definition) is 3. The van der Waals surface area contributed by atoms with Gasteiger partial charge in [-0.3, -0.25) is 0 Å². The molecule has 0 spiro atoms. The van der Waals surface area contributed by atoms with Crippen molar-refractivity contribution in [2.45, 2.75) is 12.5 Å². The molecule has 11 heteroatoms. The molecule has 1 aromatic heterocycles. The summed E-state index contributed by atoms with van der Waals surface area (Å²) in [7, 11) is 3.17. The van der Waals surface area contributed by atoms with Gasteiger partial charge in [0, 0.05) is 20.5 Å². The van der Waals surface area contributed by atoms with E-state index in [-0.39, 0.29) is 12.4 Å². The molecule has 3 rings (SSSR count). The van der Waals surface area contributed by atoms with Crippen LogP contribution in [0, 0.1) is 0 Å². The zero-order valence-corrected chi connectivity index (χ0v) is 18.8. The van der Waals surface area contributed by atoms with Gasteiger partial charge in [-0.05, 0) is 29.8 Å². The van der Waals surface area contributed by atoms with Crippen molar-refractivity contribution in [3.05, 3.63) is 66.5 Å². The molecule has 3 N–H and O–H groups in total. The average molecular weight is 466 g/mol. The third kappa shape index (κ3) is 7.62. The molecule has 0 aliphatic carbocycles. The van der Waals surface area contributed by atoms with E-state index in [1.54, 1.807) is 38.4 Å². The van der Waals surface area contributed by atoms with E-state index in [4.69, 9.17) is 9.47 Å². The van der Waals surface area contributed by atoms with E-state index < -0.39 is 18.1 Å². The second-order valence-electron chi connectivity index (χ2n) is 7.37. The molecule has 1 amide bonds. The summed E-state index contributed by atoms with van der Waals surface area (Å²) >= 11 is 0. The van der Waals surface area contributed by atoms with Crippen LogP contribution < -0.4 is 20.1 Å². The first-order valence-electron chi connectivity index (χ1n) is 10.5. The third-order valence-electron chi connectivity index (χ3n) is 4.50. The van der Waals surface area contributed by atoms with Crippen molar-refractivity contribution in [2.75, 3.05) is 37.9 Å². The Morgan fingerprint density at radius 2 is 1.71 bits per heavy atom. The van der Waals surface area contributed by atoms with Crippen LogP contribution in [-0.4, -0.2) is 70.3 Å². The number of hydrogen-bond acceptors (Lipinski definition) is 9. The number of carbonyl (C=O) groups excluding carboxylic acids is 1. The zero-order valence-electron chi connectivity index (χ0n) is 18.8. The molecule has 0 saturated heterocycles. The zero-order chi connectivity index (χ0) is 24.3. The highest BCUT2D eigenvalue weighted by Gasteiger charge is 2.19. The largest absolute Gasteiger partial charge is 0.492 e. The first kappa shape index (κ1) is 24.2. The summed E-state index contributed by atoms with van der Waals surface area (Å²) < 4.78 is 10.8. The van der Waals surface area contributed by atoms with Crippen LogP contribution in [0.25, 0.3) is 0 Å². The molecule has 0 unspecified atom stereocenters. The average Bonchev–Trinajstić information content (AvgIpc) is 2.83. The number of aliphatic carboxylic acids is 1. The quantitative estimate of drug-likeness (QED) is 0.361. The molecule has 0 saturated carbocycles. The van der Waals surface area contributed by atoms with Crippen LogP contribution in [0.15, 0.2) is 60.9 Å². The van der Waals surface area contributed by atoms with Crippen LogP contribution in [0.1, 0.15) is 5.56 Å². The van der Waals surface area contributed by atoms with Crippen molar-refractivity contribution in [1.29, 1.82) is 0 Å². The first-order valence-corrected chi connectivity index (χ1v) is 10.5. The predicted octanol–water partition coefficient (Wildman–Crippen LogP) is 2.53. The van der Waals surface area contributed by atoms with Crippen molar-refractivity contribution < 1.29 is 24.2 Å². The summed E-state index contributed by atoms with van der Waals surface area (Å²) in [6.07, 6.45) is 0.961. The standard InChI is InChI=1S/C23H26N6O5/c1-29(2)23(32)34-18-10-8-16(9-11-18)14-19(20(30)31)27-22-26-15-25-21(28-22)24-12-13-33-17-6-4-3-5-7-17/h3-11,15,19H,12-14H2,1-2H3,(H,30,31)(H2,24,25,26,27,28)/t19-/m0/s1. The maximum Gasteiger partial charge on any atom is 0.414 e. The summed E-state index contributed by atoms with van der Waals surface area (Å²) in [5.41, 5.74) is 0.731. The Labute approximate surface area is 196 Å². The lowest BCUT2D eigenvalue weighted by molar-refractivity contribution is -0.137. The lowest BCUT2D eigenvalue weighted by Crippen LogP contribution is -2.32. The molecule has 11 nitrogen and oxygen atoms in total. The van der Waals surface area contributed by atoms with Gasteiger partial charge in [0.25, 0.3) is 0 Å². The summed E-state index contributed by atoms with van der Waals surface area (Å²) in [4.78, 5) is 37.0. The van der Waals surface area contributed by atoms with Gasteiger partial charge in [0.2, 0.25) is 11.9 Å². The molecule has 1 heterocycles. The highest BCUT2D eigenvalue weighted by atomic mass is 16.6. The van der Waals surface area contributed by atoms with Crippen LogP contribution in [0.4, 0.5) is 16.7 Å². The van der Waals surface area contributed by atoms with E-state index in [0.29, 0.717) is 24.8 Å². The molecule has 0 fully saturated rings. The van der Waals surface area contributed by atoms with Crippen molar-refractivity contribution in [1.82, 2.24) is 19.9 Å². The molecule has 34 heavy (non-hydrogen) atoms. The number of para-hydroxylation sites is 1. The lowest BCUT2D eigenvalue weighted by atomic mass is 10.1. The van der Waals surface area contributed by atoms with Crippen LogP contribution in [0.2, 0.25) is 0 Å². The highest BCUT2D eigenvalue weighted by Crippen LogP contribution is 2.16. The van der Waals surface area contributed by atoms with Crippen molar-refractivity contribution in [3.8, 4) is 11.5 Å². The second kappa shape index (κ2) is 12.0. The van der Waals surface area contributed by atoms with Gasteiger partial charge < -0.3 is 30.1 Å². The number of carboxylic acids is 1. The monoisotopic (exact) mass is 466 g/mol. The van der Waals surface area contributed by atoms with Crippen LogP contribution in [0.5, 0.6) is 11.5 Å². The smallest absolute Gasteiger partial charge is 0.414 e. The number of carbonyl (C=O) groups is 2. The van der Waals surface area contributed by atoms with Gasteiger partial charge in [-0.25, -0.2) is 19.6 Å². The first-order chi connectivity index (χ1) is 16.4. The van der Waals surface area contributed by atoms with Crippen molar-refractivity contribution >= 4 is 24.0 Å². The molecule has 3 aromatic rings. The van der Waals surface area contributed by atoms with E-state index in [2.05, 4.69) is 25.6 Å². The van der Waals surface area contributed by atoms with Crippen molar-refractivity contribution in [3.63, 3.8) is 0 Å². The summed E-state index contributed by atoms with van der Waals surface area (Å²) in [5.74, 6) is 0.493. The Hall–Kier alpha value is -4.41. The summed E-state index contributed by atoms with van der Waals surface area (Å²) in [5, 5.41) is 15.5. The molecule has 0 aliphatic rings. The third-order valence-corrected chi connectivity index (χ3v) is 4.50. The van der Waals surface area contributed by atoms with E-state index >= 15 is 0 Å². The number of amides is 1. The van der Waals surface area contributed by atoms with E-state index in [0.717, 1.165) is 11.3 Å². The highest BCUT2D eigenvalue weighted by molar-refractivity contribution is 5.77. The number of benzene rings is 2. The van der Waals surface area contributed by atoms with Gasteiger partial charge in [-0.15, -0.1) is 0 Å². The molecule has 1 atom stereocenters. The van der Waals surface area contributed by atoms with Gasteiger partial charge in [0.1, 0.15) is 30.5 Å². The molecule has 2 aromatic carbocycles. The van der Waals surface area contributed by atoms with Crippen LogP contribution in [0.3, 0.4) is 0 Å². The van der Waals surface area contributed by atoms with Gasteiger partial charge in [0.15, 0.2) is 0 Å². The molecule has 178 valence electrons. The number of carboxylic acid groups (broad SMARTS) is 1. The summed E-state index contributed by atoms with van der Waals surface area (Å²) in [6, 6.07) is 15.0. The van der Waals surface area contributed by atoms with Crippen molar-refractivity contribution in [2.24, 2.45) is 0 Å². The Balaban J connectivity index is 1.53. The fourth-order valence-corrected chi connectivity index (χ4v) is 2.78. The minimum absolute atomic E-state index is 0.130. The van der Waals surface area contributed by atoms with Gasteiger partial charge in [0.05, 0.1) is 6.54 Å². The molecule has 0 radical (unpaired) electrons. The van der Waals surface area contributed by atoms with Gasteiger partial charge >= 0.3 is 12.1 Å². The minimum Gasteiger partial charge on any atom is -0.492 e. The van der Waals surface area contributed by atoms with E-state index in [1.165, 1.54) is 11.2 Å². The van der Waals surface area contributed by atoms with Gasteiger partial charge in [-0.2, -0.15) is 4.98 Å². The number of rotatable bonds is 11. The molecule has 0 bridgehead atoms. The number of ether oxygens (including phenoxy) is 2.